The van der Waals surface area contributed by atoms with E-state index in [1.165, 1.54) is 0 Å². The Morgan fingerprint density at radius 2 is 2.08 bits per heavy atom. The van der Waals surface area contributed by atoms with Crippen LogP contribution in [0, 0.1) is 0 Å². The summed E-state index contributed by atoms with van der Waals surface area (Å²) in [5.41, 5.74) is 0.194. The van der Waals surface area contributed by atoms with Gasteiger partial charge in [-0.1, -0.05) is 0 Å². The van der Waals surface area contributed by atoms with Crippen LogP contribution in [0.1, 0.15) is 31.7 Å². The molecular formula is C15H23N3O7S. The first kappa shape index (κ1) is 18.9. The van der Waals surface area contributed by atoms with E-state index in [9.17, 15) is 13.2 Å². The van der Waals surface area contributed by atoms with Crippen LogP contribution in [-0.2, 0) is 19.3 Å². The summed E-state index contributed by atoms with van der Waals surface area (Å²) in [6.07, 6.45) is 4.47. The van der Waals surface area contributed by atoms with Crippen molar-refractivity contribution in [3.05, 3.63) is 6.20 Å². The van der Waals surface area contributed by atoms with Crippen molar-refractivity contribution in [1.82, 2.24) is 9.78 Å². The first-order valence-corrected chi connectivity index (χ1v) is 10.5. The van der Waals surface area contributed by atoms with E-state index in [2.05, 4.69) is 10.4 Å². The van der Waals surface area contributed by atoms with Crippen molar-refractivity contribution in [2.24, 2.45) is 0 Å². The zero-order chi connectivity index (χ0) is 18.8. The highest BCUT2D eigenvalue weighted by Gasteiger charge is 2.41. The molecule has 1 aromatic rings. The van der Waals surface area contributed by atoms with Gasteiger partial charge in [-0.25, -0.2) is 13.2 Å². The van der Waals surface area contributed by atoms with Crippen molar-refractivity contribution in [1.29, 1.82) is 0 Å². The number of nitrogens with one attached hydrogen (secondary N) is 1. The molecule has 26 heavy (non-hydrogen) atoms. The lowest BCUT2D eigenvalue weighted by atomic mass is 9.90. The summed E-state index contributed by atoms with van der Waals surface area (Å²) in [7, 11) is -3.18. The molecule has 1 spiro atoms. The first-order valence-electron chi connectivity index (χ1n) is 8.44. The lowest BCUT2D eigenvalue weighted by Gasteiger charge is -2.35. The molecule has 1 aliphatic carbocycles. The molecule has 2 aliphatic rings. The molecule has 0 atom stereocenters. The van der Waals surface area contributed by atoms with E-state index in [1.807, 2.05) is 0 Å². The molecule has 2 N–H and O–H groups in total. The Balaban J connectivity index is 1.68. The van der Waals surface area contributed by atoms with E-state index in [4.69, 9.17) is 19.3 Å². The van der Waals surface area contributed by atoms with Gasteiger partial charge in [0.1, 0.15) is 12.3 Å². The van der Waals surface area contributed by atoms with Crippen LogP contribution in [0.25, 0.3) is 0 Å². The Labute approximate surface area is 151 Å². The molecule has 1 aliphatic heterocycles. The van der Waals surface area contributed by atoms with Crippen molar-refractivity contribution < 1.29 is 32.5 Å². The molecule has 2 heterocycles. The Morgan fingerprint density at radius 3 is 2.65 bits per heavy atom. The van der Waals surface area contributed by atoms with E-state index < -0.39 is 21.7 Å². The summed E-state index contributed by atoms with van der Waals surface area (Å²) < 4.78 is 40.9. The number of amides is 1. The van der Waals surface area contributed by atoms with Gasteiger partial charge >= 0.3 is 6.09 Å². The van der Waals surface area contributed by atoms with Gasteiger partial charge in [0.05, 0.1) is 31.2 Å². The van der Waals surface area contributed by atoms with E-state index in [0.29, 0.717) is 13.2 Å². The lowest BCUT2D eigenvalue weighted by molar-refractivity contribution is -0.181. The molecule has 1 amide bonds. The van der Waals surface area contributed by atoms with Crippen molar-refractivity contribution in [2.45, 2.75) is 37.5 Å². The van der Waals surface area contributed by atoms with Crippen LogP contribution in [0.5, 0.6) is 5.88 Å². The number of carbonyl (C=O) groups is 1. The normalized spacial score (nSPS) is 20.3. The predicted molar refractivity (Wildman–Crippen MR) is 91.2 cm³/mol. The van der Waals surface area contributed by atoms with Gasteiger partial charge in [0.15, 0.2) is 15.6 Å². The zero-order valence-electron chi connectivity index (χ0n) is 14.5. The molecule has 2 fully saturated rings. The minimum absolute atomic E-state index is 0.0648. The molecule has 0 unspecified atom stereocenters. The fraction of sp³-hybridized carbons (Fsp3) is 0.733. The van der Waals surface area contributed by atoms with Crippen molar-refractivity contribution in [3.63, 3.8) is 0 Å². The summed E-state index contributed by atoms with van der Waals surface area (Å²) in [4.78, 5) is 11.0. The molecule has 10 nitrogen and oxygen atoms in total. The van der Waals surface area contributed by atoms with Crippen LogP contribution in [0.3, 0.4) is 0 Å². The number of sulfone groups is 1. The number of hydrogen-bond acceptors (Lipinski definition) is 7. The van der Waals surface area contributed by atoms with E-state index in [1.54, 1.807) is 10.9 Å². The third-order valence-electron chi connectivity index (χ3n) is 4.54. The van der Waals surface area contributed by atoms with E-state index in [-0.39, 0.29) is 30.0 Å². The van der Waals surface area contributed by atoms with E-state index in [0.717, 1.165) is 31.9 Å². The maximum absolute atomic E-state index is 11.2. The maximum Gasteiger partial charge on any atom is 0.409 e. The summed E-state index contributed by atoms with van der Waals surface area (Å²) >= 11 is 0. The Morgan fingerprint density at radius 1 is 1.42 bits per heavy atom. The Hall–Kier alpha value is -1.85. The summed E-state index contributed by atoms with van der Waals surface area (Å²) in [6, 6.07) is 0.0648. The second-order valence-electron chi connectivity index (χ2n) is 6.58. The number of rotatable bonds is 6. The van der Waals surface area contributed by atoms with Gasteiger partial charge in [-0.15, -0.1) is 5.10 Å². The van der Waals surface area contributed by atoms with Crippen molar-refractivity contribution >= 4 is 21.6 Å². The lowest BCUT2D eigenvalue weighted by Crippen LogP contribution is -2.35. The van der Waals surface area contributed by atoms with Gasteiger partial charge in [0, 0.05) is 19.1 Å². The average molecular weight is 389 g/mol. The van der Waals surface area contributed by atoms with Gasteiger partial charge in [-0.05, 0) is 12.8 Å². The molecular weight excluding hydrogens is 366 g/mol. The Bertz CT molecular complexity index is 745. The number of carboxylic acid groups (broad SMARTS) is 1. The third kappa shape index (κ3) is 4.65. The topological polar surface area (TPSA) is 129 Å². The highest BCUT2D eigenvalue weighted by molar-refractivity contribution is 7.90. The zero-order valence-corrected chi connectivity index (χ0v) is 15.3. The van der Waals surface area contributed by atoms with Crippen molar-refractivity contribution in [2.75, 3.05) is 37.1 Å². The number of aromatic nitrogens is 2. The predicted octanol–water partition coefficient (Wildman–Crippen LogP) is 1.25. The summed E-state index contributed by atoms with van der Waals surface area (Å²) in [5, 5.41) is 15.5. The number of ether oxygens (including phenoxy) is 3. The monoisotopic (exact) mass is 389 g/mol. The highest BCUT2D eigenvalue weighted by Crippen LogP contribution is 2.40. The van der Waals surface area contributed by atoms with Crippen LogP contribution in [-0.4, -0.2) is 67.0 Å². The number of hydrogen-bond donors (Lipinski definition) is 2. The van der Waals surface area contributed by atoms with E-state index >= 15 is 0 Å². The van der Waals surface area contributed by atoms with Crippen LogP contribution in [0.2, 0.25) is 0 Å². The molecule has 1 aromatic heterocycles. The largest absolute Gasteiger partial charge is 0.474 e. The molecule has 11 heteroatoms. The van der Waals surface area contributed by atoms with Gasteiger partial charge in [-0.3, -0.25) is 10.00 Å². The summed E-state index contributed by atoms with van der Waals surface area (Å²) in [6.45, 7) is 1.12. The third-order valence-corrected chi connectivity index (χ3v) is 5.45. The van der Waals surface area contributed by atoms with Crippen LogP contribution >= 0.6 is 0 Å². The molecule has 0 aromatic carbocycles. The SMILES string of the molecule is CS(=O)(=O)CCOc1nn(C2CCC3(CC2)OCCO3)cc1NC(=O)O. The fourth-order valence-electron chi connectivity index (χ4n) is 3.25. The van der Waals surface area contributed by atoms with Crippen LogP contribution in [0.4, 0.5) is 10.5 Å². The minimum atomic E-state index is -3.18. The highest BCUT2D eigenvalue weighted by atomic mass is 32.2. The van der Waals surface area contributed by atoms with Gasteiger partial charge in [0.25, 0.3) is 5.88 Å². The fourth-order valence-corrected chi connectivity index (χ4v) is 3.64. The van der Waals surface area contributed by atoms with Gasteiger partial charge in [-0.2, -0.15) is 0 Å². The van der Waals surface area contributed by atoms with Crippen LogP contribution < -0.4 is 10.1 Å². The minimum Gasteiger partial charge on any atom is -0.474 e. The Kier molecular flexibility index (Phi) is 5.39. The molecule has 0 bridgehead atoms. The quantitative estimate of drug-likeness (QED) is 0.744. The molecule has 1 saturated carbocycles. The van der Waals surface area contributed by atoms with Gasteiger partial charge < -0.3 is 19.3 Å². The second kappa shape index (κ2) is 7.41. The number of anilines is 1. The summed E-state index contributed by atoms with van der Waals surface area (Å²) in [5.74, 6) is -0.585. The van der Waals surface area contributed by atoms with Gasteiger partial charge in [0.2, 0.25) is 0 Å². The molecule has 3 rings (SSSR count). The van der Waals surface area contributed by atoms with Crippen LogP contribution in [0.15, 0.2) is 6.20 Å². The average Bonchev–Trinajstić information content (AvgIpc) is 3.15. The molecule has 146 valence electrons. The molecule has 0 radical (unpaired) electrons. The number of nitrogens with zero attached hydrogens (tertiary/aromatic N) is 2. The first-order chi connectivity index (χ1) is 12.3. The second-order valence-corrected chi connectivity index (χ2v) is 8.83. The standard InChI is InChI=1S/C15H23N3O7S/c1-26(21,22)9-8-23-13-12(16-14(19)20)10-18(17-13)11-2-4-15(5-3-11)24-6-7-25-15/h10-11,16H,2-9H2,1H3,(H,19,20). The van der Waals surface area contributed by atoms with Crippen molar-refractivity contribution in [3.8, 4) is 5.88 Å². The molecule has 1 saturated heterocycles. The maximum atomic E-state index is 11.2. The smallest absolute Gasteiger partial charge is 0.409 e.